The highest BCUT2D eigenvalue weighted by Gasteiger charge is 2.38. The summed E-state index contributed by atoms with van der Waals surface area (Å²) in [6.07, 6.45) is 19.6. The number of hydrogen-bond acceptors (Lipinski definition) is 8. The summed E-state index contributed by atoms with van der Waals surface area (Å²) in [5.41, 5.74) is 10.3. The van der Waals surface area contributed by atoms with Crippen molar-refractivity contribution in [1.82, 2.24) is 0 Å². The van der Waals surface area contributed by atoms with Crippen LogP contribution in [0.25, 0.3) is 22.5 Å². The quantitative estimate of drug-likeness (QED) is 0.0566. The topological polar surface area (TPSA) is 116 Å². The average molecular weight is 773 g/mol. The lowest BCUT2D eigenvalue weighted by atomic mass is 10.0. The van der Waals surface area contributed by atoms with Crippen molar-refractivity contribution in [3.63, 3.8) is 0 Å². The minimum absolute atomic E-state index is 0.158. The molecule has 2 aliphatic rings. The third-order valence-electron chi connectivity index (χ3n) is 9.43. The Labute approximate surface area is 335 Å². The fraction of sp³-hybridized carbons (Fsp3) is 0.298. The van der Waals surface area contributed by atoms with Gasteiger partial charge in [0.2, 0.25) is 11.4 Å². The van der Waals surface area contributed by atoms with Gasteiger partial charge in [0.1, 0.15) is 11.1 Å². The van der Waals surface area contributed by atoms with Crippen molar-refractivity contribution in [2.45, 2.75) is 92.6 Å². The summed E-state index contributed by atoms with van der Waals surface area (Å²) in [7, 11) is 0. The van der Waals surface area contributed by atoms with Crippen molar-refractivity contribution in [3.8, 4) is 22.5 Å². The number of aliphatic hydroxyl groups is 1. The number of pyridine rings is 2. The van der Waals surface area contributed by atoms with Gasteiger partial charge in [-0.05, 0) is 49.0 Å². The van der Waals surface area contributed by atoms with Gasteiger partial charge in [0.15, 0.2) is 24.8 Å². The summed E-state index contributed by atoms with van der Waals surface area (Å²) in [5, 5.41) is 9.70. The summed E-state index contributed by atoms with van der Waals surface area (Å²) in [6, 6.07) is 22.2. The highest BCUT2D eigenvalue weighted by atomic mass is 16.8. The van der Waals surface area contributed by atoms with Gasteiger partial charge in [0.05, 0.1) is 0 Å². The Hall–Kier alpha value is -6.29. The molecule has 57 heavy (non-hydrogen) atoms. The largest absolute Gasteiger partial charge is 0.480 e. The van der Waals surface area contributed by atoms with Crippen LogP contribution >= 0.6 is 0 Å². The maximum atomic E-state index is 11.7. The first-order valence-corrected chi connectivity index (χ1v) is 19.3. The van der Waals surface area contributed by atoms with Gasteiger partial charge in [-0.15, -0.1) is 0 Å². The second-order valence-corrected chi connectivity index (χ2v) is 14.4. The number of cyclic esters (lactones) is 3. The zero-order chi connectivity index (χ0) is 41.3. The summed E-state index contributed by atoms with van der Waals surface area (Å²) in [5.74, 6) is -5.41. The molecule has 0 bridgehead atoms. The second kappa shape index (κ2) is 18.1. The van der Waals surface area contributed by atoms with Crippen molar-refractivity contribution in [2.24, 2.45) is 0 Å². The van der Waals surface area contributed by atoms with Crippen LogP contribution in [0.1, 0.15) is 77.6 Å². The van der Waals surface area contributed by atoms with E-state index < -0.39 is 35.4 Å². The first kappa shape index (κ1) is 41.9. The van der Waals surface area contributed by atoms with Crippen LogP contribution in [0.2, 0.25) is 0 Å². The minimum atomic E-state index is -1.30. The Bertz CT molecular complexity index is 2080. The summed E-state index contributed by atoms with van der Waals surface area (Å²) in [4.78, 5) is 35.2. The fourth-order valence-corrected chi connectivity index (χ4v) is 6.61. The molecular weight excluding hydrogens is 721 g/mol. The van der Waals surface area contributed by atoms with Gasteiger partial charge in [-0.1, -0.05) is 82.3 Å². The first-order chi connectivity index (χ1) is 27.2. The number of benzene rings is 2. The lowest BCUT2D eigenvalue weighted by Crippen LogP contribution is -2.41. The van der Waals surface area contributed by atoms with E-state index in [9.17, 15) is 19.5 Å². The second-order valence-electron chi connectivity index (χ2n) is 14.4. The highest BCUT2D eigenvalue weighted by molar-refractivity contribution is 6.15. The number of rotatable bonds is 10. The Morgan fingerprint density at radius 1 is 0.544 bits per heavy atom. The number of hydrogen-bond donors (Lipinski definition) is 1. The lowest BCUT2D eigenvalue weighted by Gasteiger charge is -2.29. The normalized spacial score (nSPS) is 16.1. The smallest absolute Gasteiger partial charge is 0.348 e. The zero-order valence-corrected chi connectivity index (χ0v) is 34.0. The van der Waals surface area contributed by atoms with Crippen LogP contribution in [0.15, 0.2) is 133 Å². The number of ether oxygens (including phenoxy) is 4. The van der Waals surface area contributed by atoms with E-state index in [0.29, 0.717) is 0 Å². The number of nitrogens with zero attached hydrogens (tertiary/aromatic N) is 2. The molecule has 0 spiro atoms. The van der Waals surface area contributed by atoms with Crippen molar-refractivity contribution in [3.05, 3.63) is 155 Å². The maximum Gasteiger partial charge on any atom is 0.348 e. The van der Waals surface area contributed by atoms with E-state index in [4.69, 9.17) is 18.9 Å². The predicted molar refractivity (Wildman–Crippen MR) is 216 cm³/mol. The van der Waals surface area contributed by atoms with E-state index in [1.165, 1.54) is 103 Å². The van der Waals surface area contributed by atoms with Crippen LogP contribution < -0.4 is 9.13 Å². The Morgan fingerprint density at radius 2 is 0.930 bits per heavy atom. The van der Waals surface area contributed by atoms with E-state index in [1.807, 2.05) is 0 Å². The molecule has 1 saturated heterocycles. The van der Waals surface area contributed by atoms with Crippen molar-refractivity contribution in [2.75, 3.05) is 0 Å². The molecule has 0 aliphatic carbocycles. The Kier molecular flexibility index (Phi) is 13.3. The lowest BCUT2D eigenvalue weighted by molar-refractivity contribution is -0.597. The maximum absolute atomic E-state index is 11.7. The van der Waals surface area contributed by atoms with Crippen molar-refractivity contribution >= 4 is 17.9 Å². The molecule has 10 nitrogen and oxygen atoms in total. The fourth-order valence-electron chi connectivity index (χ4n) is 6.61. The van der Waals surface area contributed by atoms with Gasteiger partial charge >= 0.3 is 17.9 Å². The van der Waals surface area contributed by atoms with Gasteiger partial charge < -0.3 is 24.1 Å². The molecule has 2 aromatic heterocycles. The van der Waals surface area contributed by atoms with E-state index >= 15 is 0 Å². The van der Waals surface area contributed by atoms with Crippen LogP contribution in [-0.4, -0.2) is 34.6 Å². The third kappa shape index (κ3) is 10.1. The summed E-state index contributed by atoms with van der Waals surface area (Å²) >= 11 is 0. The van der Waals surface area contributed by atoms with Crippen LogP contribution in [0, 0.1) is 0 Å². The SMILES string of the molecule is CC1(C)OC(=O)C(=C/C=C/C=C/C2=C(O)OC(C)(C)OC2=O)C(=O)O1.CCc1cccc(CC)c1-[n+]1ccc(-c2cc[n+](-c3c(CC)cccc3CC)cc2)cc1. The van der Waals surface area contributed by atoms with Crippen LogP contribution in [0.4, 0.5) is 0 Å². The minimum Gasteiger partial charge on any atom is -0.480 e. The van der Waals surface area contributed by atoms with Crippen LogP contribution in [0.3, 0.4) is 0 Å². The number of aromatic nitrogens is 2. The third-order valence-corrected chi connectivity index (χ3v) is 9.43. The van der Waals surface area contributed by atoms with Gasteiger partial charge in [-0.2, -0.15) is 9.13 Å². The molecule has 4 aromatic rings. The average Bonchev–Trinajstić information content (AvgIpc) is 3.18. The van der Waals surface area contributed by atoms with Gasteiger partial charge in [-0.25, -0.2) is 14.4 Å². The first-order valence-electron chi connectivity index (χ1n) is 19.3. The van der Waals surface area contributed by atoms with Crippen molar-refractivity contribution in [1.29, 1.82) is 0 Å². The number of allylic oxidation sites excluding steroid dienone is 4. The molecule has 0 amide bonds. The number of aliphatic hydroxyl groups excluding tert-OH is 1. The number of carbonyl (C=O) groups excluding carboxylic acids is 3. The molecule has 0 saturated carbocycles. The molecule has 0 radical (unpaired) electrons. The van der Waals surface area contributed by atoms with E-state index in [1.54, 1.807) is 0 Å². The molecule has 10 heteroatoms. The summed E-state index contributed by atoms with van der Waals surface area (Å²) < 4.78 is 24.4. The van der Waals surface area contributed by atoms with Crippen molar-refractivity contribution < 1.29 is 47.6 Å². The summed E-state index contributed by atoms with van der Waals surface area (Å²) in [6.45, 7) is 14.8. The van der Waals surface area contributed by atoms with Gasteiger partial charge in [-0.3, -0.25) is 0 Å². The molecule has 0 atom stereocenters. The standard InChI is InChI=1S/C30H34N2.C17H18O8/c1-5-23-11-9-12-24(6-2)29(23)31-19-15-27(16-20-31)28-17-21-32(22-18-28)30-25(7-3)13-10-14-26(30)8-4;1-16(2)22-12(18)10(13(19)23-16)8-6-5-7-9-11-14(20)24-17(3,4)25-15(11)21/h9-22H,5-8H2,1-4H3;5-9,18H,1-4H3/q+2;/b;7-5+,8-6+. The highest BCUT2D eigenvalue weighted by Crippen LogP contribution is 2.26. The molecule has 2 aliphatic heterocycles. The molecule has 2 aromatic carbocycles. The molecule has 1 N–H and O–H groups in total. The Morgan fingerprint density at radius 3 is 1.32 bits per heavy atom. The number of para-hydroxylation sites is 2. The zero-order valence-electron chi connectivity index (χ0n) is 34.0. The van der Waals surface area contributed by atoms with Gasteiger partial charge in [0.25, 0.3) is 17.5 Å². The number of aryl methyl sites for hydroxylation is 4. The number of esters is 3. The molecule has 1 fully saturated rings. The van der Waals surface area contributed by atoms with E-state index in [2.05, 4.69) is 122 Å². The molecule has 296 valence electrons. The molecule has 6 rings (SSSR count). The number of carbonyl (C=O) groups is 3. The van der Waals surface area contributed by atoms with Gasteiger partial charge in [0, 0.05) is 74.2 Å². The predicted octanol–water partition coefficient (Wildman–Crippen LogP) is 8.10. The van der Waals surface area contributed by atoms with Crippen LogP contribution in [0.5, 0.6) is 0 Å². The van der Waals surface area contributed by atoms with Crippen LogP contribution in [-0.2, 0) is 59.0 Å². The van der Waals surface area contributed by atoms with E-state index in [-0.39, 0.29) is 11.1 Å². The molecule has 4 heterocycles. The Balaban J connectivity index is 0.000000225. The van der Waals surface area contributed by atoms with E-state index in [0.717, 1.165) is 25.7 Å². The molecular formula is C47H52N2O8+2. The molecule has 0 unspecified atom stereocenters. The monoisotopic (exact) mass is 772 g/mol.